The van der Waals surface area contributed by atoms with Gasteiger partial charge in [-0.25, -0.2) is 0 Å². The van der Waals surface area contributed by atoms with Crippen molar-refractivity contribution in [3.05, 3.63) is 52.8 Å². The highest BCUT2D eigenvalue weighted by Crippen LogP contribution is 2.16. The van der Waals surface area contributed by atoms with Crippen molar-refractivity contribution in [3.8, 4) is 0 Å². The molecule has 0 aliphatic heterocycles. The van der Waals surface area contributed by atoms with Gasteiger partial charge >= 0.3 is 0 Å². The van der Waals surface area contributed by atoms with Crippen LogP contribution >= 0.6 is 11.6 Å². The molecule has 0 saturated heterocycles. The molecule has 0 radical (unpaired) electrons. The van der Waals surface area contributed by atoms with E-state index < -0.39 is 0 Å². The van der Waals surface area contributed by atoms with Crippen molar-refractivity contribution in [1.29, 1.82) is 0 Å². The molecule has 1 aromatic carbocycles. The van der Waals surface area contributed by atoms with Crippen molar-refractivity contribution in [1.82, 2.24) is 15.1 Å². The second kappa shape index (κ2) is 5.23. The number of nitrogens with one attached hydrogen (secondary N) is 1. The quantitative estimate of drug-likeness (QED) is 0.925. The van der Waals surface area contributed by atoms with E-state index in [0.29, 0.717) is 10.7 Å². The highest BCUT2D eigenvalue weighted by atomic mass is 35.5. The van der Waals surface area contributed by atoms with Gasteiger partial charge in [0.1, 0.15) is 5.69 Å². The van der Waals surface area contributed by atoms with Crippen molar-refractivity contribution < 1.29 is 4.79 Å². The number of benzene rings is 1. The molecular weight excluding hydrogens is 250 g/mol. The van der Waals surface area contributed by atoms with E-state index in [9.17, 15) is 4.79 Å². The molecule has 2 aromatic rings. The minimum absolute atomic E-state index is 0.0790. The largest absolute Gasteiger partial charge is 0.344 e. The second-order valence-corrected chi connectivity index (χ2v) is 4.48. The molecule has 1 aromatic heterocycles. The maximum atomic E-state index is 12.1. The molecule has 18 heavy (non-hydrogen) atoms. The summed E-state index contributed by atoms with van der Waals surface area (Å²) < 4.78 is 1.47. The van der Waals surface area contributed by atoms with E-state index in [1.54, 1.807) is 7.05 Å². The third-order valence-electron chi connectivity index (χ3n) is 2.76. The molecule has 0 aliphatic carbocycles. The predicted octanol–water partition coefficient (Wildman–Crippen LogP) is 2.56. The van der Waals surface area contributed by atoms with Crippen molar-refractivity contribution >= 4 is 17.5 Å². The lowest BCUT2D eigenvalue weighted by Gasteiger charge is -2.14. The molecule has 0 bridgehead atoms. The minimum Gasteiger partial charge on any atom is -0.344 e. The van der Waals surface area contributed by atoms with Gasteiger partial charge in [-0.1, -0.05) is 41.9 Å². The van der Waals surface area contributed by atoms with Gasteiger partial charge < -0.3 is 5.32 Å². The van der Waals surface area contributed by atoms with Gasteiger partial charge in [0, 0.05) is 7.05 Å². The van der Waals surface area contributed by atoms with Gasteiger partial charge in [-0.2, -0.15) is 5.10 Å². The van der Waals surface area contributed by atoms with Crippen LogP contribution in [0.3, 0.4) is 0 Å². The summed E-state index contributed by atoms with van der Waals surface area (Å²) in [5.41, 5.74) is 1.42. The van der Waals surface area contributed by atoms with Gasteiger partial charge in [0.2, 0.25) is 0 Å². The van der Waals surface area contributed by atoms with Crippen LogP contribution in [-0.2, 0) is 7.05 Å². The summed E-state index contributed by atoms with van der Waals surface area (Å²) in [4.78, 5) is 12.1. The molecule has 0 fully saturated rings. The van der Waals surface area contributed by atoms with Crippen molar-refractivity contribution in [3.63, 3.8) is 0 Å². The second-order valence-electron chi connectivity index (χ2n) is 4.07. The Labute approximate surface area is 111 Å². The number of carbonyl (C=O) groups is 1. The Bertz CT molecular complexity index is 531. The Balaban J connectivity index is 2.13. The van der Waals surface area contributed by atoms with Gasteiger partial charge in [0.05, 0.1) is 17.3 Å². The first-order valence-electron chi connectivity index (χ1n) is 5.63. The number of carbonyl (C=O) groups excluding carboxylic acids is 1. The molecule has 0 saturated carbocycles. The minimum atomic E-state index is -0.226. The number of hydrogen-bond donors (Lipinski definition) is 1. The number of amides is 1. The Hall–Kier alpha value is -1.81. The topological polar surface area (TPSA) is 46.9 Å². The van der Waals surface area contributed by atoms with Crippen LogP contribution in [0.15, 0.2) is 36.5 Å². The molecule has 1 atom stereocenters. The van der Waals surface area contributed by atoms with Crippen molar-refractivity contribution in [2.24, 2.45) is 7.05 Å². The van der Waals surface area contributed by atoms with Crippen LogP contribution in [0.1, 0.15) is 29.0 Å². The number of rotatable bonds is 3. The highest BCUT2D eigenvalue weighted by Gasteiger charge is 2.17. The third-order valence-corrected chi connectivity index (χ3v) is 3.03. The maximum absolute atomic E-state index is 12.1. The first-order valence-corrected chi connectivity index (χ1v) is 6.00. The summed E-state index contributed by atoms with van der Waals surface area (Å²) >= 11 is 5.93. The molecule has 1 heterocycles. The van der Waals surface area contributed by atoms with Crippen LogP contribution < -0.4 is 5.32 Å². The Kier molecular flexibility index (Phi) is 3.67. The van der Waals surface area contributed by atoms with Crippen LogP contribution in [0.2, 0.25) is 5.02 Å². The van der Waals surface area contributed by atoms with E-state index in [2.05, 4.69) is 10.4 Å². The van der Waals surface area contributed by atoms with Crippen LogP contribution in [0.5, 0.6) is 0 Å². The average Bonchev–Trinajstić information content (AvgIpc) is 2.70. The van der Waals surface area contributed by atoms with Gasteiger partial charge in [0.15, 0.2) is 0 Å². The first kappa shape index (κ1) is 12.6. The molecule has 1 amide bonds. The van der Waals surface area contributed by atoms with Gasteiger partial charge in [0.25, 0.3) is 5.91 Å². The highest BCUT2D eigenvalue weighted by molar-refractivity contribution is 6.33. The normalized spacial score (nSPS) is 12.2. The first-order chi connectivity index (χ1) is 8.59. The number of aryl methyl sites for hydroxylation is 1. The lowest BCUT2D eigenvalue weighted by Crippen LogP contribution is -2.28. The Morgan fingerprint density at radius 3 is 2.61 bits per heavy atom. The summed E-state index contributed by atoms with van der Waals surface area (Å²) in [5.74, 6) is -0.226. The van der Waals surface area contributed by atoms with Gasteiger partial charge in [-0.3, -0.25) is 9.48 Å². The van der Waals surface area contributed by atoms with E-state index >= 15 is 0 Å². The molecule has 0 spiro atoms. The van der Waals surface area contributed by atoms with Gasteiger partial charge in [-0.15, -0.1) is 0 Å². The fourth-order valence-electron chi connectivity index (χ4n) is 1.76. The molecule has 4 nitrogen and oxygen atoms in total. The number of hydrogen-bond acceptors (Lipinski definition) is 2. The zero-order chi connectivity index (χ0) is 13.1. The number of nitrogens with zero attached hydrogens (tertiary/aromatic N) is 2. The average molecular weight is 264 g/mol. The standard InChI is InChI=1S/C13H14ClN3O/c1-9(10-6-4-3-5-7-10)16-13(18)12-11(14)8-15-17(12)2/h3-9H,1-2H3,(H,16,18). The molecule has 94 valence electrons. The predicted molar refractivity (Wildman–Crippen MR) is 70.5 cm³/mol. The summed E-state index contributed by atoms with van der Waals surface area (Å²) in [6.45, 7) is 1.93. The lowest BCUT2D eigenvalue weighted by atomic mass is 10.1. The van der Waals surface area contributed by atoms with E-state index in [1.807, 2.05) is 37.3 Å². The fraction of sp³-hybridized carbons (Fsp3) is 0.231. The molecule has 2 rings (SSSR count). The van der Waals surface area contributed by atoms with Crippen LogP contribution in [-0.4, -0.2) is 15.7 Å². The molecular formula is C13H14ClN3O. The number of halogens is 1. The van der Waals surface area contributed by atoms with Crippen LogP contribution in [0.4, 0.5) is 0 Å². The van der Waals surface area contributed by atoms with E-state index in [4.69, 9.17) is 11.6 Å². The summed E-state index contributed by atoms with van der Waals surface area (Å²) in [6.07, 6.45) is 1.46. The smallest absolute Gasteiger partial charge is 0.271 e. The SMILES string of the molecule is CC(NC(=O)c1c(Cl)cnn1C)c1ccccc1. The van der Waals surface area contributed by atoms with E-state index in [0.717, 1.165) is 5.56 Å². The van der Waals surface area contributed by atoms with Crippen molar-refractivity contribution in [2.75, 3.05) is 0 Å². The fourth-order valence-corrected chi connectivity index (χ4v) is 2.01. The lowest BCUT2D eigenvalue weighted by molar-refractivity contribution is 0.0930. The van der Waals surface area contributed by atoms with Crippen LogP contribution in [0, 0.1) is 0 Å². The summed E-state index contributed by atoms with van der Waals surface area (Å²) in [6, 6.07) is 9.68. The Morgan fingerprint density at radius 2 is 2.06 bits per heavy atom. The van der Waals surface area contributed by atoms with Crippen LogP contribution in [0.25, 0.3) is 0 Å². The third kappa shape index (κ3) is 2.54. The molecule has 1 N–H and O–H groups in total. The van der Waals surface area contributed by atoms with E-state index in [1.165, 1.54) is 10.9 Å². The number of aromatic nitrogens is 2. The molecule has 1 unspecified atom stereocenters. The molecule has 0 aliphatic rings. The van der Waals surface area contributed by atoms with Crippen molar-refractivity contribution in [2.45, 2.75) is 13.0 Å². The zero-order valence-electron chi connectivity index (χ0n) is 10.2. The van der Waals surface area contributed by atoms with E-state index in [-0.39, 0.29) is 11.9 Å². The Morgan fingerprint density at radius 1 is 1.39 bits per heavy atom. The summed E-state index contributed by atoms with van der Waals surface area (Å²) in [7, 11) is 1.69. The monoisotopic (exact) mass is 263 g/mol. The van der Waals surface area contributed by atoms with Gasteiger partial charge in [-0.05, 0) is 12.5 Å². The molecule has 5 heteroatoms. The zero-order valence-corrected chi connectivity index (χ0v) is 11.0. The summed E-state index contributed by atoms with van der Waals surface area (Å²) in [5, 5.41) is 7.19. The maximum Gasteiger partial charge on any atom is 0.271 e.